The molecule has 80 valence electrons. The van der Waals surface area contributed by atoms with E-state index in [1.165, 1.54) is 49.1 Å². The number of hydrogen-bond donors (Lipinski definition) is 0. The fourth-order valence-electron chi connectivity index (χ4n) is 1.35. The molecule has 4 heteroatoms. The number of halogens is 1. The monoisotopic (exact) mass is 216 g/mol. The van der Waals surface area contributed by atoms with E-state index in [0.717, 1.165) is 0 Å². The minimum Gasteiger partial charge on any atom is -0.290 e. The largest absolute Gasteiger partial charge is 0.290 e. The van der Waals surface area contributed by atoms with E-state index in [1.54, 1.807) is 0 Å². The third-order valence-corrected chi connectivity index (χ3v) is 2.19. The van der Waals surface area contributed by atoms with Crippen LogP contribution in [0.5, 0.6) is 0 Å². The summed E-state index contributed by atoms with van der Waals surface area (Å²) in [6.45, 7) is 0. The van der Waals surface area contributed by atoms with Crippen LogP contribution in [0.3, 0.4) is 0 Å². The number of aromatic nitrogens is 2. The van der Waals surface area contributed by atoms with Crippen LogP contribution in [0.25, 0.3) is 0 Å². The predicted molar refractivity (Wildman–Crippen MR) is 56.7 cm³/mol. The molecule has 0 saturated heterocycles. The molecule has 1 unspecified atom stereocenters. The molecule has 0 bridgehead atoms. The number of carbonyl (C=O) groups excluding carboxylic acids is 1. The minimum atomic E-state index is -1.65. The van der Waals surface area contributed by atoms with E-state index in [0.29, 0.717) is 11.1 Å². The first-order chi connectivity index (χ1) is 7.79. The van der Waals surface area contributed by atoms with Crippen LogP contribution >= 0.6 is 0 Å². The molecule has 0 aliphatic heterocycles. The maximum Gasteiger partial charge on any atom is 0.201 e. The third-order valence-electron chi connectivity index (χ3n) is 2.19. The molecule has 0 fully saturated rings. The second-order valence-corrected chi connectivity index (χ2v) is 3.24. The average Bonchev–Trinajstić information content (AvgIpc) is 2.39. The van der Waals surface area contributed by atoms with Gasteiger partial charge in [0.05, 0.1) is 0 Å². The van der Waals surface area contributed by atoms with Crippen molar-refractivity contribution < 1.29 is 9.18 Å². The Bertz CT molecular complexity index is 473. The van der Waals surface area contributed by atoms with E-state index in [1.807, 2.05) is 0 Å². The molecule has 0 aromatic carbocycles. The zero-order chi connectivity index (χ0) is 11.4. The highest BCUT2D eigenvalue weighted by Gasteiger charge is 2.20. The summed E-state index contributed by atoms with van der Waals surface area (Å²) in [7, 11) is 0. The van der Waals surface area contributed by atoms with Gasteiger partial charge >= 0.3 is 0 Å². The Labute approximate surface area is 92.0 Å². The maximum absolute atomic E-state index is 13.8. The lowest BCUT2D eigenvalue weighted by molar-refractivity contribution is 0.0877. The van der Waals surface area contributed by atoms with Crippen molar-refractivity contribution in [2.75, 3.05) is 0 Å². The Morgan fingerprint density at radius 2 is 1.50 bits per heavy atom. The van der Waals surface area contributed by atoms with E-state index < -0.39 is 12.0 Å². The molecule has 2 heterocycles. The highest BCUT2D eigenvalue weighted by Crippen LogP contribution is 2.21. The Morgan fingerprint density at radius 1 is 1.00 bits per heavy atom. The molecular weight excluding hydrogens is 207 g/mol. The van der Waals surface area contributed by atoms with Gasteiger partial charge in [0.2, 0.25) is 5.78 Å². The molecule has 1 atom stereocenters. The van der Waals surface area contributed by atoms with Gasteiger partial charge in [-0.3, -0.25) is 14.8 Å². The van der Waals surface area contributed by atoms with Crippen LogP contribution in [0.1, 0.15) is 22.1 Å². The normalized spacial score (nSPS) is 12.1. The molecule has 0 amide bonds. The summed E-state index contributed by atoms with van der Waals surface area (Å²) in [5, 5.41) is 0. The van der Waals surface area contributed by atoms with Crippen molar-refractivity contribution in [2.45, 2.75) is 6.17 Å². The van der Waals surface area contributed by atoms with Gasteiger partial charge in [-0.1, -0.05) is 0 Å². The maximum atomic E-state index is 13.8. The number of rotatable bonds is 3. The second-order valence-electron chi connectivity index (χ2n) is 3.24. The third kappa shape index (κ3) is 2.11. The molecule has 0 radical (unpaired) electrons. The van der Waals surface area contributed by atoms with Crippen molar-refractivity contribution in [3.8, 4) is 0 Å². The summed E-state index contributed by atoms with van der Waals surface area (Å²) in [4.78, 5) is 19.3. The van der Waals surface area contributed by atoms with Crippen LogP contribution in [0, 0.1) is 0 Å². The molecule has 0 N–H and O–H groups in total. The second kappa shape index (κ2) is 4.61. The van der Waals surface area contributed by atoms with Gasteiger partial charge in [-0.15, -0.1) is 0 Å². The number of Topliss-reactive ketones (excluding diaryl/α,β-unsaturated/α-hetero) is 1. The minimum absolute atomic E-state index is 0.316. The van der Waals surface area contributed by atoms with Gasteiger partial charge in [-0.05, 0) is 29.8 Å². The SMILES string of the molecule is O=C(c1ccncc1)C(F)c1ccncc1. The summed E-state index contributed by atoms with van der Waals surface area (Å²) in [6.07, 6.45) is 4.20. The van der Waals surface area contributed by atoms with Crippen LogP contribution in [-0.2, 0) is 0 Å². The van der Waals surface area contributed by atoms with E-state index in [2.05, 4.69) is 9.97 Å². The number of alkyl halides is 1. The molecule has 2 aromatic rings. The summed E-state index contributed by atoms with van der Waals surface area (Å²) >= 11 is 0. The standard InChI is InChI=1S/C12H9FN2O/c13-11(9-1-5-14-6-2-9)12(16)10-3-7-15-8-4-10/h1-8,11H. The van der Waals surface area contributed by atoms with E-state index in [-0.39, 0.29) is 0 Å². The molecule has 0 spiro atoms. The Hall–Kier alpha value is -2.10. The molecule has 0 aliphatic rings. The molecule has 0 saturated carbocycles. The van der Waals surface area contributed by atoms with Crippen LogP contribution in [0.2, 0.25) is 0 Å². The number of hydrogen-bond acceptors (Lipinski definition) is 3. The predicted octanol–water partition coefficient (Wildman–Crippen LogP) is 2.37. The fraction of sp³-hybridized carbons (Fsp3) is 0.0833. The van der Waals surface area contributed by atoms with Gasteiger partial charge in [-0.2, -0.15) is 0 Å². The van der Waals surface area contributed by atoms with E-state index >= 15 is 0 Å². The smallest absolute Gasteiger partial charge is 0.201 e. The molecule has 16 heavy (non-hydrogen) atoms. The van der Waals surface area contributed by atoms with Gasteiger partial charge in [-0.25, -0.2) is 4.39 Å². The van der Waals surface area contributed by atoms with Gasteiger partial charge < -0.3 is 0 Å². The van der Waals surface area contributed by atoms with E-state index in [9.17, 15) is 9.18 Å². The lowest BCUT2D eigenvalue weighted by Crippen LogP contribution is -2.08. The summed E-state index contributed by atoms with van der Waals surface area (Å²) < 4.78 is 13.8. The van der Waals surface area contributed by atoms with Crippen LogP contribution in [0.4, 0.5) is 4.39 Å². The lowest BCUT2D eigenvalue weighted by atomic mass is 10.0. The van der Waals surface area contributed by atoms with Gasteiger partial charge in [0.25, 0.3) is 0 Å². The van der Waals surface area contributed by atoms with Crippen molar-refractivity contribution in [1.82, 2.24) is 9.97 Å². The van der Waals surface area contributed by atoms with Crippen molar-refractivity contribution >= 4 is 5.78 Å². The van der Waals surface area contributed by atoms with Gasteiger partial charge in [0, 0.05) is 30.4 Å². The fourth-order valence-corrected chi connectivity index (χ4v) is 1.35. The lowest BCUT2D eigenvalue weighted by Gasteiger charge is -2.06. The number of ketones is 1. The van der Waals surface area contributed by atoms with Crippen molar-refractivity contribution in [1.29, 1.82) is 0 Å². The first-order valence-corrected chi connectivity index (χ1v) is 4.77. The zero-order valence-electron chi connectivity index (χ0n) is 8.38. The molecule has 3 nitrogen and oxygen atoms in total. The summed E-state index contributed by atoms with van der Waals surface area (Å²) in [5.74, 6) is -0.561. The van der Waals surface area contributed by atoms with Crippen molar-refractivity contribution in [3.63, 3.8) is 0 Å². The molecule has 2 aromatic heterocycles. The number of pyridine rings is 2. The molecule has 2 rings (SSSR count). The Morgan fingerprint density at radius 3 is 2.06 bits per heavy atom. The highest BCUT2D eigenvalue weighted by atomic mass is 19.1. The Balaban J connectivity index is 2.24. The quantitative estimate of drug-likeness (QED) is 0.740. The number of nitrogens with zero attached hydrogens (tertiary/aromatic N) is 2. The molecule has 0 aliphatic carbocycles. The van der Waals surface area contributed by atoms with Crippen molar-refractivity contribution in [2.24, 2.45) is 0 Å². The summed E-state index contributed by atoms with van der Waals surface area (Å²) in [5.41, 5.74) is 0.635. The highest BCUT2D eigenvalue weighted by molar-refractivity contribution is 5.99. The first-order valence-electron chi connectivity index (χ1n) is 4.77. The van der Waals surface area contributed by atoms with Crippen LogP contribution < -0.4 is 0 Å². The Kier molecular flexibility index (Phi) is 3.00. The average molecular weight is 216 g/mol. The topological polar surface area (TPSA) is 42.9 Å². The molecular formula is C12H9FN2O. The van der Waals surface area contributed by atoms with Crippen molar-refractivity contribution in [3.05, 3.63) is 60.2 Å². The van der Waals surface area contributed by atoms with Crippen LogP contribution in [-0.4, -0.2) is 15.8 Å². The summed E-state index contributed by atoms with van der Waals surface area (Å²) in [6, 6.07) is 5.97. The van der Waals surface area contributed by atoms with Gasteiger partial charge in [0.15, 0.2) is 6.17 Å². The van der Waals surface area contributed by atoms with Gasteiger partial charge in [0.1, 0.15) is 0 Å². The van der Waals surface area contributed by atoms with E-state index in [4.69, 9.17) is 0 Å². The number of carbonyl (C=O) groups is 1. The van der Waals surface area contributed by atoms with Crippen LogP contribution in [0.15, 0.2) is 49.1 Å². The first kappa shape index (κ1) is 10.4. The zero-order valence-corrected chi connectivity index (χ0v) is 8.38.